The summed E-state index contributed by atoms with van der Waals surface area (Å²) in [6.07, 6.45) is 3.35. The smallest absolute Gasteiger partial charge is 0.256 e. The molecule has 0 unspecified atom stereocenters. The van der Waals surface area contributed by atoms with E-state index in [4.69, 9.17) is 0 Å². The Morgan fingerprint density at radius 2 is 2.19 bits per heavy atom. The summed E-state index contributed by atoms with van der Waals surface area (Å²) >= 11 is 3.33. The summed E-state index contributed by atoms with van der Waals surface area (Å²) < 4.78 is 2.41. The summed E-state index contributed by atoms with van der Waals surface area (Å²) in [4.78, 5) is 11.9. The number of carbonyl (C=O) groups excluding carboxylic acids is 1. The van der Waals surface area contributed by atoms with Crippen LogP contribution < -0.4 is 5.32 Å². The molecule has 16 heavy (non-hydrogen) atoms. The molecule has 4 nitrogen and oxygen atoms in total. The molecular weight excluding hydrogens is 270 g/mol. The van der Waals surface area contributed by atoms with E-state index in [1.54, 1.807) is 30.2 Å². The van der Waals surface area contributed by atoms with Gasteiger partial charge >= 0.3 is 0 Å². The molecule has 0 saturated carbocycles. The fourth-order valence-corrected chi connectivity index (χ4v) is 1.79. The maximum absolute atomic E-state index is 11.9. The van der Waals surface area contributed by atoms with Gasteiger partial charge < -0.3 is 5.32 Å². The minimum atomic E-state index is -0.152. The maximum atomic E-state index is 11.9. The lowest BCUT2D eigenvalue weighted by Crippen LogP contribution is -2.11. The summed E-state index contributed by atoms with van der Waals surface area (Å²) in [5.74, 6) is -0.152. The lowest BCUT2D eigenvalue weighted by molar-refractivity contribution is 0.102. The molecule has 0 radical (unpaired) electrons. The predicted octanol–water partition coefficient (Wildman–Crippen LogP) is 2.43. The third kappa shape index (κ3) is 2.30. The molecule has 0 saturated heterocycles. The van der Waals surface area contributed by atoms with E-state index in [2.05, 4.69) is 26.3 Å². The molecule has 2 aromatic rings. The molecule has 0 aliphatic heterocycles. The van der Waals surface area contributed by atoms with E-state index in [0.29, 0.717) is 11.3 Å². The second-order valence-corrected chi connectivity index (χ2v) is 4.19. The molecule has 2 rings (SSSR count). The molecule has 1 aromatic heterocycles. The fraction of sp³-hybridized carbons (Fsp3) is 0.0909. The molecule has 0 aliphatic carbocycles. The van der Waals surface area contributed by atoms with Gasteiger partial charge in [0.2, 0.25) is 0 Å². The molecule has 0 atom stereocenters. The number of aromatic nitrogens is 2. The lowest BCUT2D eigenvalue weighted by Gasteiger charge is -2.03. The van der Waals surface area contributed by atoms with Gasteiger partial charge in [-0.25, -0.2) is 0 Å². The average Bonchev–Trinajstić information content (AvgIpc) is 2.64. The number of amides is 1. The Kier molecular flexibility index (Phi) is 3.05. The molecule has 5 heteroatoms. The number of hydrogen-bond donors (Lipinski definition) is 1. The highest BCUT2D eigenvalue weighted by Gasteiger charge is 2.09. The molecule has 1 heterocycles. The zero-order chi connectivity index (χ0) is 11.5. The number of rotatable bonds is 2. The van der Waals surface area contributed by atoms with Crippen LogP contribution in [0, 0.1) is 0 Å². The van der Waals surface area contributed by atoms with Crippen molar-refractivity contribution in [2.24, 2.45) is 7.05 Å². The highest BCUT2D eigenvalue weighted by atomic mass is 79.9. The number of anilines is 1. The third-order valence-electron chi connectivity index (χ3n) is 2.08. The number of nitrogens with zero attached hydrogens (tertiary/aromatic N) is 2. The van der Waals surface area contributed by atoms with Crippen molar-refractivity contribution < 1.29 is 4.79 Å². The van der Waals surface area contributed by atoms with Crippen molar-refractivity contribution >= 4 is 27.5 Å². The zero-order valence-electron chi connectivity index (χ0n) is 8.64. The van der Waals surface area contributed by atoms with Gasteiger partial charge in [-0.1, -0.05) is 12.1 Å². The monoisotopic (exact) mass is 279 g/mol. The van der Waals surface area contributed by atoms with Crippen LogP contribution in [-0.2, 0) is 7.05 Å². The first-order valence-corrected chi connectivity index (χ1v) is 5.50. The summed E-state index contributed by atoms with van der Waals surface area (Å²) in [5, 5.41) is 6.74. The Bertz CT molecular complexity index is 521. The van der Waals surface area contributed by atoms with E-state index >= 15 is 0 Å². The molecule has 1 amide bonds. The molecular formula is C11H10BrN3O. The Balaban J connectivity index is 2.18. The SMILES string of the molecule is Cn1cc(NC(=O)c2ccccc2Br)cn1. The first-order chi connectivity index (χ1) is 7.66. The molecule has 1 N–H and O–H groups in total. The van der Waals surface area contributed by atoms with E-state index in [0.717, 1.165) is 4.47 Å². The van der Waals surface area contributed by atoms with Crippen LogP contribution in [0.2, 0.25) is 0 Å². The second-order valence-electron chi connectivity index (χ2n) is 3.34. The van der Waals surface area contributed by atoms with Crippen molar-refractivity contribution in [2.45, 2.75) is 0 Å². The average molecular weight is 280 g/mol. The summed E-state index contributed by atoms with van der Waals surface area (Å²) in [5.41, 5.74) is 1.29. The van der Waals surface area contributed by atoms with E-state index in [9.17, 15) is 4.79 Å². The van der Waals surface area contributed by atoms with Crippen molar-refractivity contribution in [3.63, 3.8) is 0 Å². The highest BCUT2D eigenvalue weighted by Crippen LogP contribution is 2.17. The van der Waals surface area contributed by atoms with E-state index < -0.39 is 0 Å². The Morgan fingerprint density at radius 1 is 1.44 bits per heavy atom. The van der Waals surface area contributed by atoms with Crippen LogP contribution in [0.4, 0.5) is 5.69 Å². The number of hydrogen-bond acceptors (Lipinski definition) is 2. The number of halogens is 1. The summed E-state index contributed by atoms with van der Waals surface area (Å²) in [6.45, 7) is 0. The van der Waals surface area contributed by atoms with E-state index in [1.807, 2.05) is 18.2 Å². The third-order valence-corrected chi connectivity index (χ3v) is 2.77. The van der Waals surface area contributed by atoms with Crippen molar-refractivity contribution in [1.82, 2.24) is 9.78 Å². The number of carbonyl (C=O) groups is 1. The maximum Gasteiger partial charge on any atom is 0.256 e. The van der Waals surface area contributed by atoms with Crippen LogP contribution >= 0.6 is 15.9 Å². The number of aryl methyl sites for hydroxylation is 1. The fourth-order valence-electron chi connectivity index (χ4n) is 1.33. The number of nitrogens with one attached hydrogen (secondary N) is 1. The Hall–Kier alpha value is -1.62. The molecule has 1 aromatic carbocycles. The van der Waals surface area contributed by atoms with Crippen LogP contribution in [-0.4, -0.2) is 15.7 Å². The van der Waals surface area contributed by atoms with Gasteiger partial charge in [-0.3, -0.25) is 9.48 Å². The van der Waals surface area contributed by atoms with E-state index in [1.165, 1.54) is 0 Å². The molecule has 0 bridgehead atoms. The first kappa shape index (κ1) is 10.9. The predicted molar refractivity (Wildman–Crippen MR) is 65.3 cm³/mol. The van der Waals surface area contributed by atoms with Crippen LogP contribution in [0.15, 0.2) is 41.1 Å². The van der Waals surface area contributed by atoms with Gasteiger partial charge in [0.05, 0.1) is 17.4 Å². The lowest BCUT2D eigenvalue weighted by atomic mass is 10.2. The van der Waals surface area contributed by atoms with Crippen molar-refractivity contribution in [3.8, 4) is 0 Å². The van der Waals surface area contributed by atoms with Gasteiger partial charge in [0.25, 0.3) is 5.91 Å². The molecule has 0 spiro atoms. The molecule has 82 valence electrons. The summed E-state index contributed by atoms with van der Waals surface area (Å²) in [6, 6.07) is 7.28. The Morgan fingerprint density at radius 3 is 2.81 bits per heavy atom. The Labute approximate surface area is 101 Å². The second kappa shape index (κ2) is 4.49. The first-order valence-electron chi connectivity index (χ1n) is 4.71. The standard InChI is InChI=1S/C11H10BrN3O/c1-15-7-8(6-13-15)14-11(16)9-4-2-3-5-10(9)12/h2-7H,1H3,(H,14,16). The minimum absolute atomic E-state index is 0.152. The van der Waals surface area contributed by atoms with Crippen molar-refractivity contribution in [3.05, 3.63) is 46.7 Å². The van der Waals surface area contributed by atoms with Gasteiger partial charge in [0.15, 0.2) is 0 Å². The molecule has 0 aliphatic rings. The quantitative estimate of drug-likeness (QED) is 0.918. The molecule has 0 fully saturated rings. The normalized spacial score (nSPS) is 10.1. The highest BCUT2D eigenvalue weighted by molar-refractivity contribution is 9.10. The van der Waals surface area contributed by atoms with Crippen LogP contribution in [0.1, 0.15) is 10.4 Å². The minimum Gasteiger partial charge on any atom is -0.319 e. The van der Waals surface area contributed by atoms with Crippen molar-refractivity contribution in [1.29, 1.82) is 0 Å². The number of benzene rings is 1. The summed E-state index contributed by atoms with van der Waals surface area (Å²) in [7, 11) is 1.80. The van der Waals surface area contributed by atoms with Crippen LogP contribution in [0.3, 0.4) is 0 Å². The van der Waals surface area contributed by atoms with Crippen LogP contribution in [0.5, 0.6) is 0 Å². The van der Waals surface area contributed by atoms with Gasteiger partial charge in [0, 0.05) is 17.7 Å². The van der Waals surface area contributed by atoms with Gasteiger partial charge in [-0.2, -0.15) is 5.10 Å². The largest absolute Gasteiger partial charge is 0.319 e. The van der Waals surface area contributed by atoms with Gasteiger partial charge in [-0.15, -0.1) is 0 Å². The van der Waals surface area contributed by atoms with Crippen LogP contribution in [0.25, 0.3) is 0 Å². The van der Waals surface area contributed by atoms with E-state index in [-0.39, 0.29) is 5.91 Å². The van der Waals surface area contributed by atoms with Gasteiger partial charge in [0.1, 0.15) is 0 Å². The van der Waals surface area contributed by atoms with Gasteiger partial charge in [-0.05, 0) is 28.1 Å². The van der Waals surface area contributed by atoms with Crippen molar-refractivity contribution in [2.75, 3.05) is 5.32 Å². The topological polar surface area (TPSA) is 46.9 Å². The zero-order valence-corrected chi connectivity index (χ0v) is 10.2.